The van der Waals surface area contributed by atoms with Gasteiger partial charge >= 0.3 is 5.97 Å². The van der Waals surface area contributed by atoms with Crippen LogP contribution >= 0.6 is 0 Å². The minimum Gasteiger partial charge on any atom is -0.465 e. The van der Waals surface area contributed by atoms with Gasteiger partial charge in [-0.1, -0.05) is 5.21 Å². The zero-order chi connectivity index (χ0) is 10.6. The van der Waals surface area contributed by atoms with Gasteiger partial charge in [-0.05, 0) is 6.08 Å². The van der Waals surface area contributed by atoms with E-state index in [1.165, 1.54) is 17.9 Å². The molecule has 6 nitrogen and oxygen atoms in total. The third-order valence-electron chi connectivity index (χ3n) is 1.44. The minimum atomic E-state index is -0.682. The Morgan fingerprint density at radius 3 is 2.93 bits per heavy atom. The molecule has 0 radical (unpaired) electrons. The van der Waals surface area contributed by atoms with Gasteiger partial charge in [-0.3, -0.25) is 4.68 Å². The summed E-state index contributed by atoms with van der Waals surface area (Å²) in [6.45, 7) is 0. The maximum absolute atomic E-state index is 11.0. The molecule has 0 aromatic carbocycles. The van der Waals surface area contributed by atoms with Crippen molar-refractivity contribution in [3.8, 4) is 6.07 Å². The molecular formula is C8H8N4O2. The smallest absolute Gasteiger partial charge is 0.348 e. The summed E-state index contributed by atoms with van der Waals surface area (Å²) in [6.07, 6.45) is 2.90. The molecule has 0 saturated heterocycles. The minimum absolute atomic E-state index is 0.104. The lowest BCUT2D eigenvalue weighted by Crippen LogP contribution is -2.02. The molecule has 6 heteroatoms. The average Bonchev–Trinajstić information content (AvgIpc) is 2.59. The van der Waals surface area contributed by atoms with Crippen molar-refractivity contribution in [1.82, 2.24) is 15.0 Å². The topological polar surface area (TPSA) is 80.8 Å². The Bertz CT molecular complexity index is 413. The molecule has 0 fully saturated rings. The maximum Gasteiger partial charge on any atom is 0.348 e. The van der Waals surface area contributed by atoms with Crippen LogP contribution in [0, 0.1) is 11.3 Å². The van der Waals surface area contributed by atoms with Gasteiger partial charge in [-0.2, -0.15) is 5.26 Å². The van der Waals surface area contributed by atoms with Crippen LogP contribution in [0.4, 0.5) is 0 Å². The second kappa shape index (κ2) is 4.18. The van der Waals surface area contributed by atoms with Crippen molar-refractivity contribution >= 4 is 12.0 Å². The second-order valence-electron chi connectivity index (χ2n) is 2.48. The molecular weight excluding hydrogens is 184 g/mol. The third-order valence-corrected chi connectivity index (χ3v) is 1.44. The standard InChI is InChI=1S/C8H8N4O2/c1-12-5-7(10-11-12)3-6(4-9)8(13)14-2/h3,5H,1-2H3/b6-3-. The summed E-state index contributed by atoms with van der Waals surface area (Å²) in [4.78, 5) is 11.0. The normalized spacial score (nSPS) is 10.8. The van der Waals surface area contributed by atoms with E-state index in [0.29, 0.717) is 5.69 Å². The zero-order valence-corrected chi connectivity index (χ0v) is 7.76. The highest BCUT2D eigenvalue weighted by Crippen LogP contribution is 2.03. The first-order valence-electron chi connectivity index (χ1n) is 3.74. The molecule has 0 N–H and O–H groups in total. The number of carbonyl (C=O) groups excluding carboxylic acids is 1. The average molecular weight is 192 g/mol. The van der Waals surface area contributed by atoms with E-state index in [9.17, 15) is 4.79 Å². The van der Waals surface area contributed by atoms with E-state index in [1.54, 1.807) is 19.3 Å². The van der Waals surface area contributed by atoms with Crippen molar-refractivity contribution < 1.29 is 9.53 Å². The summed E-state index contributed by atoms with van der Waals surface area (Å²) in [5.41, 5.74) is 0.336. The van der Waals surface area contributed by atoms with Crippen molar-refractivity contribution in [2.24, 2.45) is 7.05 Å². The molecule has 0 unspecified atom stereocenters. The quantitative estimate of drug-likeness (QED) is 0.371. The lowest BCUT2D eigenvalue weighted by molar-refractivity contribution is -0.135. The molecule has 14 heavy (non-hydrogen) atoms. The summed E-state index contributed by atoms with van der Waals surface area (Å²) >= 11 is 0. The van der Waals surface area contributed by atoms with Gasteiger partial charge < -0.3 is 4.74 Å². The Hall–Kier alpha value is -2.16. The maximum atomic E-state index is 11.0. The van der Waals surface area contributed by atoms with Gasteiger partial charge in [0.05, 0.1) is 13.3 Å². The highest BCUT2D eigenvalue weighted by molar-refractivity contribution is 5.97. The Balaban J connectivity index is 2.96. The van der Waals surface area contributed by atoms with Crippen LogP contribution in [0.3, 0.4) is 0 Å². The first-order chi connectivity index (χ1) is 6.67. The molecule has 0 bridgehead atoms. The number of esters is 1. The number of nitrogens with zero attached hydrogens (tertiary/aromatic N) is 4. The van der Waals surface area contributed by atoms with Gasteiger partial charge in [-0.15, -0.1) is 5.10 Å². The van der Waals surface area contributed by atoms with Crippen molar-refractivity contribution in [3.63, 3.8) is 0 Å². The van der Waals surface area contributed by atoms with Crippen LogP contribution in [0.1, 0.15) is 5.69 Å². The molecule has 1 aromatic heterocycles. The Morgan fingerprint density at radius 1 is 1.79 bits per heavy atom. The van der Waals surface area contributed by atoms with Crippen molar-refractivity contribution in [2.75, 3.05) is 7.11 Å². The number of methoxy groups -OCH3 is 1. The Morgan fingerprint density at radius 2 is 2.50 bits per heavy atom. The fraction of sp³-hybridized carbons (Fsp3) is 0.250. The van der Waals surface area contributed by atoms with Crippen LogP contribution in [0.15, 0.2) is 11.8 Å². The summed E-state index contributed by atoms with van der Waals surface area (Å²) in [6, 6.07) is 1.72. The van der Waals surface area contributed by atoms with Crippen LogP contribution in [0.5, 0.6) is 0 Å². The Kier molecular flexibility index (Phi) is 2.97. The molecule has 1 heterocycles. The van der Waals surface area contributed by atoms with Crippen LogP contribution in [0.25, 0.3) is 6.08 Å². The highest BCUT2D eigenvalue weighted by atomic mass is 16.5. The molecule has 0 aliphatic rings. The summed E-state index contributed by atoms with van der Waals surface area (Å²) < 4.78 is 5.87. The van der Waals surface area contributed by atoms with Gasteiger partial charge in [0.1, 0.15) is 17.3 Å². The Labute approximate surface area is 80.4 Å². The van der Waals surface area contributed by atoms with E-state index < -0.39 is 5.97 Å². The van der Waals surface area contributed by atoms with Crippen LogP contribution < -0.4 is 0 Å². The number of rotatable bonds is 2. The fourth-order valence-electron chi connectivity index (χ4n) is 0.826. The lowest BCUT2D eigenvalue weighted by atomic mass is 10.2. The molecule has 0 amide bonds. The van der Waals surface area contributed by atoms with E-state index in [0.717, 1.165) is 0 Å². The SMILES string of the molecule is COC(=O)/C(C#N)=C\c1cn(C)nn1. The molecule has 0 aliphatic heterocycles. The second-order valence-corrected chi connectivity index (χ2v) is 2.48. The van der Waals surface area contributed by atoms with E-state index in [4.69, 9.17) is 5.26 Å². The predicted octanol–water partition coefficient (Wildman–Crippen LogP) is -0.105. The van der Waals surface area contributed by atoms with Gasteiger partial charge in [0.25, 0.3) is 0 Å². The zero-order valence-electron chi connectivity index (χ0n) is 7.76. The van der Waals surface area contributed by atoms with Gasteiger partial charge in [-0.25, -0.2) is 4.79 Å². The monoisotopic (exact) mass is 192 g/mol. The predicted molar refractivity (Wildman–Crippen MR) is 46.6 cm³/mol. The molecule has 1 aromatic rings. The molecule has 1 rings (SSSR count). The van der Waals surface area contributed by atoms with E-state index in [2.05, 4.69) is 15.0 Å². The van der Waals surface area contributed by atoms with E-state index in [1.807, 2.05) is 0 Å². The molecule has 72 valence electrons. The highest BCUT2D eigenvalue weighted by Gasteiger charge is 2.09. The first-order valence-corrected chi connectivity index (χ1v) is 3.74. The van der Waals surface area contributed by atoms with Crippen LogP contribution in [-0.2, 0) is 16.6 Å². The summed E-state index contributed by atoms with van der Waals surface area (Å²) in [5.74, 6) is -0.682. The first kappa shape index (κ1) is 9.92. The largest absolute Gasteiger partial charge is 0.465 e. The van der Waals surface area contributed by atoms with Crippen molar-refractivity contribution in [1.29, 1.82) is 5.26 Å². The van der Waals surface area contributed by atoms with Crippen LogP contribution in [0.2, 0.25) is 0 Å². The van der Waals surface area contributed by atoms with Crippen molar-refractivity contribution in [3.05, 3.63) is 17.5 Å². The lowest BCUT2D eigenvalue weighted by Gasteiger charge is -1.93. The van der Waals surface area contributed by atoms with Crippen molar-refractivity contribution in [2.45, 2.75) is 0 Å². The molecule has 0 atom stereocenters. The number of aromatic nitrogens is 3. The van der Waals surface area contributed by atoms with Crippen LogP contribution in [-0.4, -0.2) is 28.1 Å². The number of carbonyl (C=O) groups is 1. The number of hydrogen-bond acceptors (Lipinski definition) is 5. The number of hydrogen-bond donors (Lipinski definition) is 0. The molecule has 0 aliphatic carbocycles. The number of aryl methyl sites for hydroxylation is 1. The van der Waals surface area contributed by atoms with Gasteiger partial charge in [0.15, 0.2) is 0 Å². The fourth-order valence-corrected chi connectivity index (χ4v) is 0.826. The third kappa shape index (κ3) is 2.17. The van der Waals surface area contributed by atoms with Gasteiger partial charge in [0.2, 0.25) is 0 Å². The van der Waals surface area contributed by atoms with E-state index in [-0.39, 0.29) is 5.57 Å². The molecule has 0 spiro atoms. The number of ether oxygens (including phenoxy) is 1. The van der Waals surface area contributed by atoms with Gasteiger partial charge in [0, 0.05) is 7.05 Å². The van der Waals surface area contributed by atoms with E-state index >= 15 is 0 Å². The molecule has 0 saturated carbocycles. The summed E-state index contributed by atoms with van der Waals surface area (Å²) in [7, 11) is 2.90. The number of nitriles is 1. The summed E-state index contributed by atoms with van der Waals surface area (Å²) in [5, 5.41) is 16.0.